The first-order valence-electron chi connectivity index (χ1n) is 8.55. The monoisotopic (exact) mass is 422 g/mol. The maximum Gasteiger partial charge on any atom is 0.339 e. The summed E-state index contributed by atoms with van der Waals surface area (Å²) in [7, 11) is -4.65. The van der Waals surface area contributed by atoms with Crippen molar-refractivity contribution in [3.8, 4) is 0 Å². The topological polar surface area (TPSA) is 63.6 Å². The molecule has 0 aliphatic carbocycles. The zero-order valence-corrected chi connectivity index (χ0v) is 16.0. The highest BCUT2D eigenvalue weighted by atomic mass is 32.2. The van der Waals surface area contributed by atoms with E-state index in [1.54, 1.807) is 37.3 Å². The number of allylic oxidation sites excluding steroid dienone is 1. The fourth-order valence-corrected chi connectivity index (χ4v) is 3.80. The van der Waals surface area contributed by atoms with Crippen LogP contribution >= 0.6 is 0 Å². The van der Waals surface area contributed by atoms with Crippen molar-refractivity contribution in [2.45, 2.75) is 24.3 Å². The summed E-state index contributed by atoms with van der Waals surface area (Å²) in [5.41, 5.74) is 0.794. The fraction of sp³-hybridized carbons (Fsp3) is 0.143. The molecule has 0 aliphatic heterocycles. The Morgan fingerprint density at radius 1 is 0.966 bits per heavy atom. The van der Waals surface area contributed by atoms with Gasteiger partial charge >= 0.3 is 10.1 Å². The Balaban J connectivity index is 2.09. The van der Waals surface area contributed by atoms with E-state index in [4.69, 9.17) is 4.18 Å². The predicted molar refractivity (Wildman–Crippen MR) is 102 cm³/mol. The lowest BCUT2D eigenvalue weighted by Crippen LogP contribution is -2.15. The van der Waals surface area contributed by atoms with Crippen LogP contribution in [0.3, 0.4) is 0 Å². The van der Waals surface area contributed by atoms with Crippen molar-refractivity contribution >= 4 is 20.9 Å². The second kappa shape index (κ2) is 8.26. The molecular formula is C21H17F3O4S. The van der Waals surface area contributed by atoms with Crippen LogP contribution < -0.4 is 0 Å². The number of aliphatic hydroxyl groups excluding tert-OH is 1. The minimum absolute atomic E-state index is 0.0352. The van der Waals surface area contributed by atoms with Crippen LogP contribution in [0.4, 0.5) is 13.2 Å². The van der Waals surface area contributed by atoms with E-state index in [1.807, 2.05) is 0 Å². The molecule has 29 heavy (non-hydrogen) atoms. The van der Waals surface area contributed by atoms with E-state index in [1.165, 1.54) is 36.4 Å². The van der Waals surface area contributed by atoms with Crippen LogP contribution in [0.2, 0.25) is 0 Å². The summed E-state index contributed by atoms with van der Waals surface area (Å²) < 4.78 is 70.1. The van der Waals surface area contributed by atoms with Crippen molar-refractivity contribution in [1.82, 2.24) is 0 Å². The second-order valence-electron chi connectivity index (χ2n) is 6.33. The quantitative estimate of drug-likeness (QED) is 0.447. The summed E-state index contributed by atoms with van der Waals surface area (Å²) in [5, 5.41) is 11.7. The van der Waals surface area contributed by atoms with Crippen molar-refractivity contribution in [1.29, 1.82) is 0 Å². The lowest BCUT2D eigenvalue weighted by molar-refractivity contribution is 0.118. The van der Waals surface area contributed by atoms with E-state index in [0.29, 0.717) is 10.8 Å². The van der Waals surface area contributed by atoms with Crippen LogP contribution in [0.5, 0.6) is 0 Å². The molecule has 0 aliphatic rings. The first-order valence-corrected chi connectivity index (χ1v) is 9.96. The fourth-order valence-electron chi connectivity index (χ4n) is 2.82. The number of rotatable bonds is 6. The van der Waals surface area contributed by atoms with E-state index in [2.05, 4.69) is 0 Å². The summed E-state index contributed by atoms with van der Waals surface area (Å²) in [6.07, 6.45) is -5.72. The summed E-state index contributed by atoms with van der Waals surface area (Å²) >= 11 is 0. The lowest BCUT2D eigenvalue weighted by atomic mass is 9.99. The molecule has 0 spiro atoms. The number of halogens is 3. The van der Waals surface area contributed by atoms with Crippen molar-refractivity contribution in [3.63, 3.8) is 0 Å². The third-order valence-corrected chi connectivity index (χ3v) is 5.55. The van der Waals surface area contributed by atoms with Crippen molar-refractivity contribution in [3.05, 3.63) is 89.4 Å². The van der Waals surface area contributed by atoms with Gasteiger partial charge in [-0.15, -0.1) is 0 Å². The van der Waals surface area contributed by atoms with Gasteiger partial charge in [0.1, 0.15) is 11.0 Å². The van der Waals surface area contributed by atoms with Gasteiger partial charge in [-0.25, -0.2) is 13.2 Å². The smallest absolute Gasteiger partial charge is 0.339 e. The SMILES string of the molecule is Cc1ccc(S(=O)(=O)O/C(=C(\F)C(F)F)C(O)c2cccc3ccccc23)cc1. The first-order chi connectivity index (χ1) is 13.7. The van der Waals surface area contributed by atoms with Crippen LogP contribution in [-0.2, 0) is 14.3 Å². The average molecular weight is 422 g/mol. The number of alkyl halides is 2. The molecule has 0 radical (unpaired) electrons. The minimum Gasteiger partial charge on any atom is -0.380 e. The van der Waals surface area contributed by atoms with Crippen molar-refractivity contribution < 1.29 is 30.9 Å². The Bertz CT molecular complexity index is 1150. The summed E-state index contributed by atoms with van der Waals surface area (Å²) in [4.78, 5) is -0.354. The number of aliphatic hydroxyl groups is 1. The summed E-state index contributed by atoms with van der Waals surface area (Å²) in [6, 6.07) is 16.7. The molecule has 3 rings (SSSR count). The average Bonchev–Trinajstić information content (AvgIpc) is 2.71. The molecule has 1 N–H and O–H groups in total. The molecule has 0 bridgehead atoms. The number of benzene rings is 3. The van der Waals surface area contributed by atoms with Crippen LogP contribution in [-0.4, -0.2) is 19.9 Å². The molecule has 152 valence electrons. The highest BCUT2D eigenvalue weighted by molar-refractivity contribution is 7.86. The van der Waals surface area contributed by atoms with E-state index < -0.39 is 34.2 Å². The molecule has 0 aromatic heterocycles. The number of aryl methyl sites for hydroxylation is 1. The summed E-state index contributed by atoms with van der Waals surface area (Å²) in [5.74, 6) is -3.52. The Morgan fingerprint density at radius 2 is 1.59 bits per heavy atom. The maximum atomic E-state index is 14.2. The first kappa shape index (κ1) is 20.9. The molecule has 0 fully saturated rings. The Labute approximate surface area is 166 Å². The van der Waals surface area contributed by atoms with E-state index in [-0.39, 0.29) is 10.5 Å². The zero-order chi connectivity index (χ0) is 21.2. The highest BCUT2D eigenvalue weighted by Gasteiger charge is 2.31. The van der Waals surface area contributed by atoms with Gasteiger partial charge in [-0.05, 0) is 35.4 Å². The van der Waals surface area contributed by atoms with Gasteiger partial charge in [-0.1, -0.05) is 60.2 Å². The van der Waals surface area contributed by atoms with Crippen molar-refractivity contribution in [2.75, 3.05) is 0 Å². The van der Waals surface area contributed by atoms with Gasteiger partial charge in [0, 0.05) is 0 Å². The normalized spacial score (nSPS) is 14.0. The van der Waals surface area contributed by atoms with Crippen LogP contribution in [0.1, 0.15) is 17.2 Å². The van der Waals surface area contributed by atoms with Gasteiger partial charge in [-0.3, -0.25) is 0 Å². The van der Waals surface area contributed by atoms with Gasteiger partial charge in [0.15, 0.2) is 5.76 Å². The van der Waals surface area contributed by atoms with Crippen molar-refractivity contribution in [2.24, 2.45) is 0 Å². The van der Waals surface area contributed by atoms with E-state index in [0.717, 1.165) is 5.56 Å². The molecule has 0 saturated carbocycles. The Hall–Kier alpha value is -2.84. The van der Waals surface area contributed by atoms with Gasteiger partial charge in [0.2, 0.25) is 5.83 Å². The lowest BCUT2D eigenvalue weighted by Gasteiger charge is -2.19. The third kappa shape index (κ3) is 4.44. The molecule has 0 heterocycles. The van der Waals surface area contributed by atoms with Gasteiger partial charge in [0.05, 0.1) is 0 Å². The molecule has 0 amide bonds. The molecule has 0 saturated heterocycles. The molecule has 8 heteroatoms. The standard InChI is InChI=1S/C21H17F3O4S/c1-13-9-11-15(12-10-13)29(26,27)28-20(18(22)21(23)24)19(25)17-8-4-6-14-5-2-3-7-16(14)17/h2-12,19,21,25H,1H3/b20-18-. The minimum atomic E-state index is -4.65. The number of hydrogen-bond acceptors (Lipinski definition) is 4. The zero-order valence-electron chi connectivity index (χ0n) is 15.2. The molecule has 3 aromatic rings. The molecule has 1 unspecified atom stereocenters. The molecule has 4 nitrogen and oxygen atoms in total. The molecule has 3 aromatic carbocycles. The van der Waals surface area contributed by atoms with Gasteiger partial charge < -0.3 is 9.29 Å². The van der Waals surface area contributed by atoms with Gasteiger partial charge in [0.25, 0.3) is 6.43 Å². The summed E-state index contributed by atoms with van der Waals surface area (Å²) in [6.45, 7) is 1.73. The van der Waals surface area contributed by atoms with E-state index in [9.17, 15) is 26.7 Å². The van der Waals surface area contributed by atoms with Crippen LogP contribution in [0, 0.1) is 6.92 Å². The highest BCUT2D eigenvalue weighted by Crippen LogP contribution is 2.35. The second-order valence-corrected chi connectivity index (χ2v) is 7.88. The number of hydrogen-bond donors (Lipinski definition) is 1. The van der Waals surface area contributed by atoms with Crippen LogP contribution in [0.15, 0.2) is 83.2 Å². The molecular weight excluding hydrogens is 405 g/mol. The van der Waals surface area contributed by atoms with E-state index >= 15 is 0 Å². The largest absolute Gasteiger partial charge is 0.380 e. The predicted octanol–water partition coefficient (Wildman–Crippen LogP) is 5.03. The van der Waals surface area contributed by atoms with Crippen LogP contribution in [0.25, 0.3) is 10.8 Å². The Morgan fingerprint density at radius 3 is 2.24 bits per heavy atom. The number of fused-ring (bicyclic) bond motifs is 1. The maximum absolute atomic E-state index is 14.2. The third-order valence-electron chi connectivity index (χ3n) is 4.30. The van der Waals surface area contributed by atoms with Gasteiger partial charge in [-0.2, -0.15) is 8.42 Å². The molecule has 1 atom stereocenters. The Kier molecular flexibility index (Phi) is 5.95.